The number of carbonyl (C=O) groups excluding carboxylic acids is 1. The number of allylic oxidation sites excluding steroid dienone is 2. The second kappa shape index (κ2) is 8.17. The maximum absolute atomic E-state index is 13.2. The number of amides is 1. The van der Waals surface area contributed by atoms with Crippen LogP contribution in [-0.2, 0) is 7.05 Å². The van der Waals surface area contributed by atoms with E-state index < -0.39 is 5.91 Å². The zero-order valence-corrected chi connectivity index (χ0v) is 19.4. The van der Waals surface area contributed by atoms with Crippen molar-refractivity contribution in [1.29, 1.82) is 0 Å². The molecule has 0 unspecified atom stereocenters. The van der Waals surface area contributed by atoms with Gasteiger partial charge in [-0.3, -0.25) is 14.3 Å². The van der Waals surface area contributed by atoms with Gasteiger partial charge in [-0.25, -0.2) is 4.68 Å². The number of hydrogen-bond donors (Lipinski definition) is 1. The molecule has 1 N–H and O–H groups in total. The Bertz CT molecular complexity index is 1080. The van der Waals surface area contributed by atoms with Gasteiger partial charge >= 0.3 is 0 Å². The van der Waals surface area contributed by atoms with Gasteiger partial charge in [-0.1, -0.05) is 44.3 Å². The summed E-state index contributed by atoms with van der Waals surface area (Å²) >= 11 is 0. The van der Waals surface area contributed by atoms with Crippen molar-refractivity contribution in [3.8, 4) is 0 Å². The number of nitrogens with zero attached hydrogens (tertiary/aromatic N) is 3. The normalized spacial score (nSPS) is 19.3. The van der Waals surface area contributed by atoms with Crippen LogP contribution in [0.4, 0.5) is 5.69 Å². The maximum Gasteiger partial charge on any atom is 0.291 e. The molecule has 0 aliphatic heterocycles. The maximum atomic E-state index is 13.2. The van der Waals surface area contributed by atoms with Gasteiger partial charge < -0.3 is 9.84 Å². The highest BCUT2D eigenvalue weighted by atomic mass is 16.5. The molecular formula is C24H34N4O3. The molecular weight excluding hydrogens is 392 g/mol. The monoisotopic (exact) mass is 426 g/mol. The summed E-state index contributed by atoms with van der Waals surface area (Å²) in [6, 6.07) is 0.191. The third-order valence-corrected chi connectivity index (χ3v) is 7.22. The Hall–Kier alpha value is -2.57. The van der Waals surface area contributed by atoms with Crippen molar-refractivity contribution in [2.75, 3.05) is 5.32 Å². The molecule has 7 heteroatoms. The van der Waals surface area contributed by atoms with Crippen LogP contribution in [0, 0.1) is 19.3 Å². The van der Waals surface area contributed by atoms with Crippen molar-refractivity contribution >= 4 is 17.2 Å². The van der Waals surface area contributed by atoms with Crippen molar-refractivity contribution < 1.29 is 9.32 Å². The van der Waals surface area contributed by atoms with Crippen molar-refractivity contribution in [3.05, 3.63) is 39.1 Å². The summed E-state index contributed by atoms with van der Waals surface area (Å²) < 4.78 is 9.33. The van der Waals surface area contributed by atoms with Crippen molar-refractivity contribution in [3.63, 3.8) is 0 Å². The minimum atomic E-state index is -0.400. The number of rotatable bonds is 4. The van der Waals surface area contributed by atoms with E-state index in [-0.39, 0.29) is 22.7 Å². The minimum absolute atomic E-state index is 0.0139. The highest BCUT2D eigenvalue weighted by Crippen LogP contribution is 2.43. The largest absolute Gasteiger partial charge is 0.356 e. The number of hydrogen-bond acceptors (Lipinski definition) is 4. The summed E-state index contributed by atoms with van der Waals surface area (Å²) in [6.07, 6.45) is 10.9. The molecule has 0 saturated heterocycles. The fourth-order valence-corrected chi connectivity index (χ4v) is 5.18. The van der Waals surface area contributed by atoms with Gasteiger partial charge in [0.1, 0.15) is 5.69 Å². The molecule has 168 valence electrons. The van der Waals surface area contributed by atoms with Gasteiger partial charge in [0.2, 0.25) is 0 Å². The average molecular weight is 427 g/mol. The van der Waals surface area contributed by atoms with Gasteiger partial charge in [0.25, 0.3) is 11.5 Å². The molecule has 2 aromatic heterocycles. The predicted molar refractivity (Wildman–Crippen MR) is 121 cm³/mol. The number of aromatic nitrogens is 3. The third-order valence-electron chi connectivity index (χ3n) is 7.22. The summed E-state index contributed by atoms with van der Waals surface area (Å²) in [4.78, 5) is 26.3. The summed E-state index contributed by atoms with van der Waals surface area (Å²) in [6.45, 7) is 8.12. The fraction of sp³-hybridized carbons (Fsp3) is 0.625. The van der Waals surface area contributed by atoms with Crippen LogP contribution in [-0.4, -0.2) is 20.4 Å². The lowest BCUT2D eigenvalue weighted by atomic mass is 9.74. The Labute approximate surface area is 183 Å². The average Bonchev–Trinajstić information content (AvgIpc) is 3.21. The van der Waals surface area contributed by atoms with Gasteiger partial charge in [0.15, 0.2) is 11.5 Å². The molecule has 2 heterocycles. The molecule has 2 aliphatic rings. The second-order valence-electron chi connectivity index (χ2n) is 9.76. The van der Waals surface area contributed by atoms with Crippen LogP contribution >= 0.6 is 0 Å². The van der Waals surface area contributed by atoms with Crippen LogP contribution in [0.5, 0.6) is 0 Å². The van der Waals surface area contributed by atoms with E-state index in [1.165, 1.54) is 6.42 Å². The molecule has 4 rings (SSSR count). The molecule has 2 aromatic rings. The fourth-order valence-electron chi connectivity index (χ4n) is 5.18. The van der Waals surface area contributed by atoms with Gasteiger partial charge in [-0.2, -0.15) is 0 Å². The zero-order valence-electron chi connectivity index (χ0n) is 19.4. The molecule has 0 bridgehead atoms. The molecule has 0 aromatic carbocycles. The zero-order chi connectivity index (χ0) is 22.3. The Morgan fingerprint density at radius 2 is 1.90 bits per heavy atom. The number of carbonyl (C=O) groups is 1. The van der Waals surface area contributed by atoms with E-state index in [9.17, 15) is 9.59 Å². The number of anilines is 1. The van der Waals surface area contributed by atoms with Crippen LogP contribution in [0.25, 0.3) is 5.57 Å². The topological polar surface area (TPSA) is 82.1 Å². The van der Waals surface area contributed by atoms with Gasteiger partial charge in [-0.15, -0.1) is 0 Å². The van der Waals surface area contributed by atoms with Crippen LogP contribution in [0.3, 0.4) is 0 Å². The van der Waals surface area contributed by atoms with Crippen LogP contribution in [0.15, 0.2) is 15.4 Å². The van der Waals surface area contributed by atoms with Crippen LogP contribution in [0.1, 0.15) is 98.8 Å². The Morgan fingerprint density at radius 1 is 1.19 bits per heavy atom. The molecule has 1 amide bonds. The summed E-state index contributed by atoms with van der Waals surface area (Å²) in [5, 5.41) is 6.93. The van der Waals surface area contributed by atoms with Crippen molar-refractivity contribution in [2.24, 2.45) is 12.5 Å². The molecule has 1 fully saturated rings. The standard InChI is InChI=1S/C24H34N4O3/c1-15-19(26-31-21(15)18-13-9-10-14-24(18,3)4)22(29)25-20-16(2)27(5)28(23(20)30)17-11-7-6-8-12-17/h13,17H,6-12,14H2,1-5H3,(H,25,29). The first-order valence-corrected chi connectivity index (χ1v) is 11.5. The lowest BCUT2D eigenvalue weighted by Crippen LogP contribution is -2.29. The molecule has 2 aliphatic carbocycles. The highest BCUT2D eigenvalue weighted by Gasteiger charge is 2.33. The van der Waals surface area contributed by atoms with Gasteiger partial charge in [0.05, 0.1) is 11.7 Å². The van der Waals surface area contributed by atoms with E-state index in [0.717, 1.165) is 61.8 Å². The molecule has 1 saturated carbocycles. The molecule has 0 atom stereocenters. The van der Waals surface area contributed by atoms with E-state index in [4.69, 9.17) is 4.52 Å². The summed E-state index contributed by atoms with van der Waals surface area (Å²) in [5.74, 6) is 0.280. The van der Waals surface area contributed by atoms with E-state index in [0.29, 0.717) is 11.4 Å². The molecule has 7 nitrogen and oxygen atoms in total. The SMILES string of the molecule is Cc1c(C(=O)Nc2c(C)n(C)n(C3CCCCC3)c2=O)noc1C1=CCCCC1(C)C. The van der Waals surface area contributed by atoms with Crippen molar-refractivity contribution in [2.45, 2.75) is 85.1 Å². The summed E-state index contributed by atoms with van der Waals surface area (Å²) in [7, 11) is 1.89. The Balaban J connectivity index is 1.62. The number of nitrogens with one attached hydrogen (secondary N) is 1. The first-order valence-electron chi connectivity index (χ1n) is 11.5. The first kappa shape index (κ1) is 21.7. The van der Waals surface area contributed by atoms with E-state index in [1.54, 1.807) is 4.68 Å². The Morgan fingerprint density at radius 3 is 2.58 bits per heavy atom. The van der Waals surface area contributed by atoms with Crippen LogP contribution < -0.4 is 10.9 Å². The predicted octanol–water partition coefficient (Wildman–Crippen LogP) is 5.14. The highest BCUT2D eigenvalue weighted by molar-refractivity contribution is 6.04. The molecule has 0 spiro atoms. The molecule has 31 heavy (non-hydrogen) atoms. The van der Waals surface area contributed by atoms with E-state index >= 15 is 0 Å². The second-order valence-corrected chi connectivity index (χ2v) is 9.76. The van der Waals surface area contributed by atoms with Gasteiger partial charge in [0, 0.05) is 12.6 Å². The third kappa shape index (κ3) is 3.79. The van der Waals surface area contributed by atoms with E-state index in [1.807, 2.05) is 25.6 Å². The smallest absolute Gasteiger partial charge is 0.291 e. The first-order chi connectivity index (χ1) is 14.7. The minimum Gasteiger partial charge on any atom is -0.356 e. The van der Waals surface area contributed by atoms with Gasteiger partial charge in [-0.05, 0) is 56.9 Å². The lowest BCUT2D eigenvalue weighted by Gasteiger charge is -2.30. The van der Waals surface area contributed by atoms with Crippen LogP contribution in [0.2, 0.25) is 0 Å². The Kier molecular flexibility index (Phi) is 5.71. The van der Waals surface area contributed by atoms with Crippen molar-refractivity contribution in [1.82, 2.24) is 14.5 Å². The quantitative estimate of drug-likeness (QED) is 0.734. The summed E-state index contributed by atoms with van der Waals surface area (Å²) in [5.41, 5.74) is 3.00. The lowest BCUT2D eigenvalue weighted by molar-refractivity contribution is 0.101. The molecule has 0 radical (unpaired) electrons. The van der Waals surface area contributed by atoms with E-state index in [2.05, 4.69) is 30.4 Å².